The zero-order valence-corrected chi connectivity index (χ0v) is 17.5. The van der Waals surface area contributed by atoms with Gasteiger partial charge in [-0.15, -0.1) is 0 Å². The minimum atomic E-state index is -0.292. The summed E-state index contributed by atoms with van der Waals surface area (Å²) in [5, 5.41) is 10.4. The molecule has 1 fully saturated rings. The van der Waals surface area contributed by atoms with Crippen molar-refractivity contribution in [3.63, 3.8) is 0 Å². The van der Waals surface area contributed by atoms with Gasteiger partial charge in [0, 0.05) is 47.5 Å². The smallest absolute Gasteiger partial charge is 0.194 e. The summed E-state index contributed by atoms with van der Waals surface area (Å²) in [6, 6.07) is 1.95. The summed E-state index contributed by atoms with van der Waals surface area (Å²) in [6.07, 6.45) is 6.57. The molecule has 0 aromatic carbocycles. The number of allylic oxidation sites excluding steroid dienone is 1. The van der Waals surface area contributed by atoms with Crippen molar-refractivity contribution in [1.82, 2.24) is 24.9 Å². The second kappa shape index (κ2) is 7.06. The fourth-order valence-corrected chi connectivity index (χ4v) is 5.07. The molecule has 142 valence electrons. The molecule has 0 bridgehead atoms. The SMILES string of the molecule is CCC1=C(Br)c2c(nc(Sc3cnc4nccnc4c3)nc2N2CC(O)C2)C1. The standard InChI is InChI=1S/C19H17BrN6OS/c1-2-10-5-13-15(16(10)20)18(26-8-11(27)9-26)25-19(24-13)28-12-6-14-17(23-7-12)22-4-3-21-14/h3-4,6-7,11,27H,2,5,8-9H2,1H3. The number of hydrogen-bond donors (Lipinski definition) is 1. The van der Waals surface area contributed by atoms with E-state index in [1.807, 2.05) is 6.07 Å². The van der Waals surface area contributed by atoms with Gasteiger partial charge in [-0.25, -0.2) is 19.9 Å². The molecule has 1 aliphatic carbocycles. The number of β-amino-alcohol motifs (C(OH)–C–C–N with tert-alkyl or cyclic N) is 1. The Bertz CT molecular complexity index is 1110. The maximum atomic E-state index is 9.76. The topological polar surface area (TPSA) is 87.9 Å². The van der Waals surface area contributed by atoms with E-state index in [-0.39, 0.29) is 6.10 Å². The maximum Gasteiger partial charge on any atom is 0.194 e. The number of halogens is 1. The molecule has 7 nitrogen and oxygen atoms in total. The van der Waals surface area contributed by atoms with Crippen LogP contribution in [-0.4, -0.2) is 49.2 Å². The number of pyridine rings is 1. The van der Waals surface area contributed by atoms with Crippen LogP contribution < -0.4 is 4.90 Å². The molecule has 0 amide bonds. The predicted octanol–water partition coefficient (Wildman–Crippen LogP) is 3.22. The maximum absolute atomic E-state index is 9.76. The van der Waals surface area contributed by atoms with Crippen molar-refractivity contribution < 1.29 is 5.11 Å². The van der Waals surface area contributed by atoms with E-state index in [2.05, 4.69) is 42.7 Å². The quantitative estimate of drug-likeness (QED) is 0.598. The van der Waals surface area contributed by atoms with Gasteiger partial charge in [0.15, 0.2) is 10.8 Å². The van der Waals surface area contributed by atoms with Crippen molar-refractivity contribution in [1.29, 1.82) is 0 Å². The van der Waals surface area contributed by atoms with Crippen LogP contribution in [-0.2, 0) is 6.42 Å². The highest BCUT2D eigenvalue weighted by molar-refractivity contribution is 9.15. The van der Waals surface area contributed by atoms with E-state index < -0.39 is 0 Å². The summed E-state index contributed by atoms with van der Waals surface area (Å²) in [6.45, 7) is 3.35. The Morgan fingerprint density at radius 2 is 2.04 bits per heavy atom. The highest BCUT2D eigenvalue weighted by atomic mass is 79.9. The summed E-state index contributed by atoms with van der Waals surface area (Å²) in [5.74, 6) is 0.890. The van der Waals surface area contributed by atoms with Crippen LogP contribution in [0.15, 0.2) is 40.3 Å². The molecular formula is C19H17BrN6OS. The fourth-order valence-electron chi connectivity index (χ4n) is 3.46. The zero-order valence-electron chi connectivity index (χ0n) is 15.1. The first-order valence-corrected chi connectivity index (χ1v) is 10.7. The molecule has 4 heterocycles. The lowest BCUT2D eigenvalue weighted by molar-refractivity contribution is 0.141. The van der Waals surface area contributed by atoms with Crippen molar-refractivity contribution >= 4 is 49.2 Å². The van der Waals surface area contributed by atoms with E-state index in [1.165, 1.54) is 17.3 Å². The Kier molecular flexibility index (Phi) is 4.53. The van der Waals surface area contributed by atoms with Crippen LogP contribution >= 0.6 is 27.7 Å². The number of nitrogens with zero attached hydrogens (tertiary/aromatic N) is 6. The average Bonchev–Trinajstić information content (AvgIpc) is 3.00. The second-order valence-corrected chi connectivity index (χ2v) is 8.66. The fraction of sp³-hybridized carbons (Fsp3) is 0.316. The molecular weight excluding hydrogens is 440 g/mol. The molecule has 2 aliphatic rings. The van der Waals surface area contributed by atoms with Gasteiger partial charge in [0.25, 0.3) is 0 Å². The summed E-state index contributed by atoms with van der Waals surface area (Å²) in [7, 11) is 0. The van der Waals surface area contributed by atoms with Crippen molar-refractivity contribution in [2.24, 2.45) is 0 Å². The van der Waals surface area contributed by atoms with Gasteiger partial charge < -0.3 is 10.0 Å². The van der Waals surface area contributed by atoms with Gasteiger partial charge in [-0.3, -0.25) is 4.98 Å². The van der Waals surface area contributed by atoms with E-state index in [9.17, 15) is 5.11 Å². The number of rotatable bonds is 4. The molecule has 1 saturated heterocycles. The van der Waals surface area contributed by atoms with Gasteiger partial charge in [0.05, 0.1) is 17.4 Å². The van der Waals surface area contributed by atoms with Crippen LogP contribution in [0.1, 0.15) is 24.6 Å². The first-order chi connectivity index (χ1) is 13.6. The van der Waals surface area contributed by atoms with E-state index >= 15 is 0 Å². The van der Waals surface area contributed by atoms with Crippen molar-refractivity contribution in [3.05, 3.63) is 41.5 Å². The lowest BCUT2D eigenvalue weighted by atomic mass is 10.1. The Labute approximate surface area is 174 Å². The van der Waals surface area contributed by atoms with Gasteiger partial charge in [0.1, 0.15) is 11.3 Å². The number of fused-ring (bicyclic) bond motifs is 2. The first-order valence-electron chi connectivity index (χ1n) is 9.08. The molecule has 1 N–H and O–H groups in total. The number of anilines is 1. The van der Waals surface area contributed by atoms with Crippen LogP contribution in [0.2, 0.25) is 0 Å². The van der Waals surface area contributed by atoms with Crippen molar-refractivity contribution in [3.8, 4) is 0 Å². The number of aliphatic hydroxyl groups excluding tert-OH is 1. The highest BCUT2D eigenvalue weighted by Crippen LogP contribution is 2.44. The molecule has 0 atom stereocenters. The van der Waals surface area contributed by atoms with Gasteiger partial charge in [-0.2, -0.15) is 0 Å². The third-order valence-electron chi connectivity index (χ3n) is 4.95. The van der Waals surface area contributed by atoms with Gasteiger partial charge >= 0.3 is 0 Å². The third-order valence-corrected chi connectivity index (χ3v) is 6.73. The second-order valence-electron chi connectivity index (χ2n) is 6.83. The molecule has 3 aromatic heterocycles. The van der Waals surface area contributed by atoms with Crippen LogP contribution in [0.25, 0.3) is 15.6 Å². The predicted molar refractivity (Wildman–Crippen MR) is 112 cm³/mol. The molecule has 0 radical (unpaired) electrons. The summed E-state index contributed by atoms with van der Waals surface area (Å²) in [4.78, 5) is 25.6. The highest BCUT2D eigenvalue weighted by Gasteiger charge is 2.33. The Balaban J connectivity index is 1.53. The van der Waals surface area contributed by atoms with Crippen LogP contribution in [0, 0.1) is 0 Å². The lowest BCUT2D eigenvalue weighted by Crippen LogP contribution is -2.51. The molecule has 28 heavy (non-hydrogen) atoms. The molecule has 0 saturated carbocycles. The Morgan fingerprint density at radius 3 is 2.82 bits per heavy atom. The molecule has 9 heteroatoms. The van der Waals surface area contributed by atoms with Crippen molar-refractivity contribution in [2.45, 2.75) is 35.9 Å². The van der Waals surface area contributed by atoms with E-state index in [4.69, 9.17) is 9.97 Å². The van der Waals surface area contributed by atoms with E-state index in [0.29, 0.717) is 23.9 Å². The monoisotopic (exact) mass is 456 g/mol. The largest absolute Gasteiger partial charge is 0.389 e. The van der Waals surface area contributed by atoms with E-state index in [0.717, 1.165) is 44.8 Å². The molecule has 1 aliphatic heterocycles. The van der Waals surface area contributed by atoms with Crippen LogP contribution in [0.3, 0.4) is 0 Å². The number of aliphatic hydroxyl groups is 1. The van der Waals surface area contributed by atoms with Gasteiger partial charge in [-0.05, 0) is 29.8 Å². The summed E-state index contributed by atoms with van der Waals surface area (Å²) in [5.41, 5.74) is 4.80. The summed E-state index contributed by atoms with van der Waals surface area (Å²) >= 11 is 5.22. The van der Waals surface area contributed by atoms with Crippen molar-refractivity contribution in [2.75, 3.05) is 18.0 Å². The van der Waals surface area contributed by atoms with Crippen LogP contribution in [0.4, 0.5) is 5.82 Å². The van der Waals surface area contributed by atoms with E-state index in [1.54, 1.807) is 18.6 Å². The Morgan fingerprint density at radius 1 is 1.21 bits per heavy atom. The van der Waals surface area contributed by atoms with Gasteiger partial charge in [0.2, 0.25) is 0 Å². The molecule has 0 spiro atoms. The molecule has 3 aromatic rings. The normalized spacial score (nSPS) is 16.6. The Hall–Kier alpha value is -2.10. The third kappa shape index (κ3) is 3.07. The molecule has 5 rings (SSSR count). The molecule has 0 unspecified atom stereocenters. The van der Waals surface area contributed by atoms with Crippen LogP contribution in [0.5, 0.6) is 0 Å². The minimum Gasteiger partial charge on any atom is -0.389 e. The first kappa shape index (κ1) is 18.0. The summed E-state index contributed by atoms with van der Waals surface area (Å²) < 4.78 is 1.10. The zero-order chi connectivity index (χ0) is 19.3. The average molecular weight is 457 g/mol. The number of hydrogen-bond acceptors (Lipinski definition) is 8. The number of aromatic nitrogens is 5. The minimum absolute atomic E-state index is 0.292. The van der Waals surface area contributed by atoms with Gasteiger partial charge in [-0.1, -0.05) is 22.9 Å². The lowest BCUT2D eigenvalue weighted by Gasteiger charge is -2.38.